The lowest BCUT2D eigenvalue weighted by atomic mass is 10.1. The monoisotopic (exact) mass is 521 g/mol. The molecule has 0 aliphatic carbocycles. The van der Waals surface area contributed by atoms with Gasteiger partial charge in [-0.1, -0.05) is 57.6 Å². The van der Waals surface area contributed by atoms with Crippen molar-refractivity contribution in [3.8, 4) is 11.4 Å². The van der Waals surface area contributed by atoms with Crippen molar-refractivity contribution in [2.24, 2.45) is 0 Å². The van der Waals surface area contributed by atoms with Crippen molar-refractivity contribution >= 4 is 16.8 Å². The number of unbranched alkanes of at least 4 members (excludes halogenated alkanes) is 6. The summed E-state index contributed by atoms with van der Waals surface area (Å²) in [5.74, 6) is 1.32. The van der Waals surface area contributed by atoms with E-state index in [4.69, 9.17) is 14.5 Å². The standard InChI is InChI=1S/C31H43N3O4/c1-5-7-8-9-10-11-12-17-29(35)33(22-23-37-4)24(3)30-32-28-16-14-13-15-27(28)31(36)34(30)25-18-20-26(21-19-25)38-6-2/h13-16,18-21,24H,5-12,17,22-23H2,1-4H3. The molecule has 1 heterocycles. The number of carbonyl (C=O) groups excluding carboxylic acids is 1. The topological polar surface area (TPSA) is 73.7 Å². The number of methoxy groups -OCH3 is 1. The molecule has 0 saturated carbocycles. The Balaban J connectivity index is 1.92. The van der Waals surface area contributed by atoms with Gasteiger partial charge in [0.1, 0.15) is 11.6 Å². The van der Waals surface area contributed by atoms with E-state index in [-0.39, 0.29) is 11.5 Å². The van der Waals surface area contributed by atoms with Gasteiger partial charge < -0.3 is 14.4 Å². The molecule has 0 aliphatic rings. The fraction of sp³-hybridized carbons (Fsp3) is 0.516. The zero-order valence-electron chi connectivity index (χ0n) is 23.4. The van der Waals surface area contributed by atoms with Crippen molar-refractivity contribution in [2.45, 2.75) is 78.2 Å². The van der Waals surface area contributed by atoms with Crippen LogP contribution in [-0.4, -0.2) is 47.2 Å². The third kappa shape index (κ3) is 7.67. The normalized spacial score (nSPS) is 12.0. The Bertz CT molecular complexity index is 1210. The molecule has 7 nitrogen and oxygen atoms in total. The highest BCUT2D eigenvalue weighted by Crippen LogP contribution is 2.25. The quantitative estimate of drug-likeness (QED) is 0.202. The molecule has 2 aromatic carbocycles. The average molecular weight is 522 g/mol. The summed E-state index contributed by atoms with van der Waals surface area (Å²) in [6.45, 7) is 7.50. The fourth-order valence-corrected chi connectivity index (χ4v) is 4.78. The van der Waals surface area contributed by atoms with Crippen LogP contribution in [0.25, 0.3) is 16.6 Å². The molecule has 0 bridgehead atoms. The van der Waals surface area contributed by atoms with Gasteiger partial charge in [-0.15, -0.1) is 0 Å². The molecule has 0 fully saturated rings. The molecule has 0 saturated heterocycles. The number of para-hydroxylation sites is 1. The lowest BCUT2D eigenvalue weighted by molar-refractivity contribution is -0.134. The fourth-order valence-electron chi connectivity index (χ4n) is 4.78. The van der Waals surface area contributed by atoms with Crippen molar-refractivity contribution in [1.29, 1.82) is 0 Å². The van der Waals surface area contributed by atoms with Crippen molar-refractivity contribution in [3.05, 3.63) is 64.7 Å². The summed E-state index contributed by atoms with van der Waals surface area (Å²) in [5, 5.41) is 0.537. The Morgan fingerprint density at radius 2 is 1.66 bits per heavy atom. The molecule has 0 aliphatic heterocycles. The summed E-state index contributed by atoms with van der Waals surface area (Å²) < 4.78 is 12.6. The summed E-state index contributed by atoms with van der Waals surface area (Å²) in [6.07, 6.45) is 8.53. The Morgan fingerprint density at radius 3 is 2.34 bits per heavy atom. The second-order valence-electron chi connectivity index (χ2n) is 9.68. The summed E-state index contributed by atoms with van der Waals surface area (Å²) >= 11 is 0. The molecule has 206 valence electrons. The van der Waals surface area contributed by atoms with Crippen molar-refractivity contribution < 1.29 is 14.3 Å². The lowest BCUT2D eigenvalue weighted by Gasteiger charge is -2.30. The largest absolute Gasteiger partial charge is 0.494 e. The molecular formula is C31H43N3O4. The lowest BCUT2D eigenvalue weighted by Crippen LogP contribution is -2.39. The number of rotatable bonds is 16. The van der Waals surface area contributed by atoms with Gasteiger partial charge in [-0.2, -0.15) is 0 Å². The van der Waals surface area contributed by atoms with Gasteiger partial charge in [-0.05, 0) is 56.7 Å². The van der Waals surface area contributed by atoms with E-state index in [0.29, 0.717) is 48.6 Å². The van der Waals surface area contributed by atoms with Crippen LogP contribution in [0.4, 0.5) is 0 Å². The third-order valence-corrected chi connectivity index (χ3v) is 6.90. The maximum Gasteiger partial charge on any atom is 0.266 e. The molecule has 0 N–H and O–H groups in total. The van der Waals surface area contributed by atoms with E-state index in [2.05, 4.69) is 6.92 Å². The zero-order valence-corrected chi connectivity index (χ0v) is 23.4. The van der Waals surface area contributed by atoms with Gasteiger partial charge in [-0.3, -0.25) is 14.2 Å². The summed E-state index contributed by atoms with van der Waals surface area (Å²) in [6, 6.07) is 14.3. The van der Waals surface area contributed by atoms with Gasteiger partial charge in [0.15, 0.2) is 0 Å². The highest BCUT2D eigenvalue weighted by molar-refractivity contribution is 5.79. The van der Waals surface area contributed by atoms with Crippen LogP contribution >= 0.6 is 0 Å². The predicted octanol–water partition coefficient (Wildman–Crippen LogP) is 6.46. The Labute approximate surface area is 226 Å². The van der Waals surface area contributed by atoms with E-state index in [1.54, 1.807) is 17.7 Å². The number of carbonyl (C=O) groups is 1. The molecule has 1 atom stereocenters. The van der Waals surface area contributed by atoms with Crippen molar-refractivity contribution in [1.82, 2.24) is 14.5 Å². The second kappa shape index (κ2) is 15.3. The second-order valence-corrected chi connectivity index (χ2v) is 9.68. The first-order valence-corrected chi connectivity index (χ1v) is 14.0. The molecule has 3 rings (SSSR count). The van der Waals surface area contributed by atoms with Gasteiger partial charge >= 0.3 is 0 Å². The minimum Gasteiger partial charge on any atom is -0.494 e. The molecule has 1 aromatic heterocycles. The molecule has 1 unspecified atom stereocenters. The van der Waals surface area contributed by atoms with Crippen LogP contribution < -0.4 is 10.3 Å². The number of benzene rings is 2. The first-order valence-electron chi connectivity index (χ1n) is 14.0. The molecule has 0 radical (unpaired) electrons. The number of hydrogen-bond donors (Lipinski definition) is 0. The van der Waals surface area contributed by atoms with E-state index >= 15 is 0 Å². The number of amides is 1. The maximum absolute atomic E-state index is 13.8. The molecular weight excluding hydrogens is 478 g/mol. The van der Waals surface area contributed by atoms with Gasteiger partial charge in [-0.25, -0.2) is 4.98 Å². The van der Waals surface area contributed by atoms with Gasteiger partial charge in [0.2, 0.25) is 5.91 Å². The van der Waals surface area contributed by atoms with E-state index in [1.165, 1.54) is 25.7 Å². The van der Waals surface area contributed by atoms with Crippen molar-refractivity contribution in [3.63, 3.8) is 0 Å². The van der Waals surface area contributed by atoms with Crippen LogP contribution in [0.3, 0.4) is 0 Å². The number of aromatic nitrogens is 2. The molecule has 38 heavy (non-hydrogen) atoms. The van der Waals surface area contributed by atoms with E-state index < -0.39 is 6.04 Å². The van der Waals surface area contributed by atoms with Crippen LogP contribution in [0.2, 0.25) is 0 Å². The number of ether oxygens (including phenoxy) is 2. The maximum atomic E-state index is 13.8. The number of nitrogens with zero attached hydrogens (tertiary/aromatic N) is 3. The highest BCUT2D eigenvalue weighted by atomic mass is 16.5. The van der Waals surface area contributed by atoms with Crippen LogP contribution in [0.15, 0.2) is 53.3 Å². The molecule has 3 aromatic rings. The minimum absolute atomic E-state index is 0.0590. The number of hydrogen-bond acceptors (Lipinski definition) is 5. The van der Waals surface area contributed by atoms with Gasteiger partial charge in [0, 0.05) is 20.1 Å². The van der Waals surface area contributed by atoms with E-state index in [0.717, 1.165) is 25.0 Å². The Kier molecular flexibility index (Phi) is 11.8. The zero-order chi connectivity index (χ0) is 27.3. The summed E-state index contributed by atoms with van der Waals surface area (Å²) in [7, 11) is 1.63. The predicted molar refractivity (Wildman–Crippen MR) is 153 cm³/mol. The SMILES string of the molecule is CCCCCCCCCC(=O)N(CCOC)C(C)c1nc2ccccc2c(=O)n1-c1ccc(OCC)cc1. The average Bonchev–Trinajstić information content (AvgIpc) is 2.93. The van der Waals surface area contributed by atoms with Crippen LogP contribution in [-0.2, 0) is 9.53 Å². The summed E-state index contributed by atoms with van der Waals surface area (Å²) in [5.41, 5.74) is 1.14. The third-order valence-electron chi connectivity index (χ3n) is 6.90. The molecule has 0 spiro atoms. The van der Waals surface area contributed by atoms with Crippen LogP contribution in [0.1, 0.15) is 84.0 Å². The van der Waals surface area contributed by atoms with E-state index in [1.807, 2.05) is 61.2 Å². The smallest absolute Gasteiger partial charge is 0.266 e. The molecule has 7 heteroatoms. The van der Waals surface area contributed by atoms with Crippen LogP contribution in [0.5, 0.6) is 5.75 Å². The first-order chi connectivity index (χ1) is 18.5. The minimum atomic E-state index is -0.425. The summed E-state index contributed by atoms with van der Waals surface area (Å²) in [4.78, 5) is 33.9. The Morgan fingerprint density at radius 1 is 0.974 bits per heavy atom. The Hall–Kier alpha value is -3.19. The number of fused-ring (bicyclic) bond motifs is 1. The van der Waals surface area contributed by atoms with Crippen LogP contribution in [0, 0.1) is 0 Å². The highest BCUT2D eigenvalue weighted by Gasteiger charge is 2.26. The first kappa shape index (κ1) is 29.4. The molecule has 1 amide bonds. The van der Waals surface area contributed by atoms with Crippen molar-refractivity contribution in [2.75, 3.05) is 26.9 Å². The van der Waals surface area contributed by atoms with Gasteiger partial charge in [0.25, 0.3) is 5.56 Å². The van der Waals surface area contributed by atoms with E-state index in [9.17, 15) is 9.59 Å². The van der Waals surface area contributed by atoms with Gasteiger partial charge in [0.05, 0.1) is 35.8 Å².